The average molecular weight is 484 g/mol. The van der Waals surface area contributed by atoms with Gasteiger partial charge >= 0.3 is 0 Å². The zero-order chi connectivity index (χ0) is 25.4. The number of unbranched alkanes of at least 4 members (excludes halogenated alkanes) is 1. The van der Waals surface area contributed by atoms with Crippen molar-refractivity contribution in [3.63, 3.8) is 0 Å². The summed E-state index contributed by atoms with van der Waals surface area (Å²) in [5, 5.41) is 10.4. The largest absolute Gasteiger partial charge is 0.508 e. The second-order valence-corrected chi connectivity index (χ2v) is 9.93. The Morgan fingerprint density at radius 3 is 1.89 bits per heavy atom. The molecule has 0 fully saturated rings. The topological polar surface area (TPSA) is 58.9 Å². The van der Waals surface area contributed by atoms with Crippen LogP contribution >= 0.6 is 0 Å². The zero-order valence-electron chi connectivity index (χ0n) is 21.1. The second kappa shape index (κ2) is 9.29. The average Bonchev–Trinajstić information content (AvgIpc) is 3.20. The van der Waals surface area contributed by atoms with E-state index in [1.165, 1.54) is 11.1 Å². The molecule has 5 aromatic rings. The van der Waals surface area contributed by atoms with Gasteiger partial charge in [0, 0.05) is 22.1 Å². The number of fused-ring (bicyclic) bond motifs is 3. The molecule has 0 bridgehead atoms. The van der Waals surface area contributed by atoms with E-state index in [0.717, 1.165) is 47.1 Å². The quantitative estimate of drug-likeness (QED) is 0.265. The maximum atomic E-state index is 10.4. The normalized spacial score (nSPS) is 15.8. The lowest BCUT2D eigenvalue weighted by atomic mass is 9.76. The van der Waals surface area contributed by atoms with E-state index in [9.17, 15) is 5.11 Å². The van der Waals surface area contributed by atoms with E-state index in [1.54, 1.807) is 6.07 Å². The first-order chi connectivity index (χ1) is 18.1. The van der Waals surface area contributed by atoms with Crippen molar-refractivity contribution in [1.82, 2.24) is 15.0 Å². The van der Waals surface area contributed by atoms with Crippen molar-refractivity contribution in [1.29, 1.82) is 0 Å². The monoisotopic (exact) mass is 483 g/mol. The third-order valence-electron chi connectivity index (χ3n) is 7.50. The Morgan fingerprint density at radius 1 is 0.649 bits per heavy atom. The van der Waals surface area contributed by atoms with Crippen LogP contribution in [-0.4, -0.2) is 20.1 Å². The number of benzene rings is 4. The predicted molar refractivity (Wildman–Crippen MR) is 149 cm³/mol. The van der Waals surface area contributed by atoms with Crippen LogP contribution in [0.5, 0.6) is 5.75 Å². The van der Waals surface area contributed by atoms with Crippen LogP contribution in [0, 0.1) is 0 Å². The third kappa shape index (κ3) is 3.99. The van der Waals surface area contributed by atoms with E-state index in [4.69, 9.17) is 15.0 Å². The summed E-state index contributed by atoms with van der Waals surface area (Å²) in [6.45, 7) is 4.52. The molecule has 0 amide bonds. The predicted octanol–water partition coefficient (Wildman–Crippen LogP) is 8.05. The molecule has 1 N–H and O–H groups in total. The highest BCUT2D eigenvalue weighted by Gasteiger charge is 2.40. The highest BCUT2D eigenvalue weighted by Crippen LogP contribution is 2.54. The summed E-state index contributed by atoms with van der Waals surface area (Å²) in [6.07, 6.45) is 3.24. The highest BCUT2D eigenvalue weighted by atomic mass is 16.3. The summed E-state index contributed by atoms with van der Waals surface area (Å²) in [6, 6.07) is 32.3. The number of aromatic hydroxyl groups is 1. The van der Waals surface area contributed by atoms with Crippen molar-refractivity contribution in [3.8, 4) is 51.0 Å². The molecule has 4 nitrogen and oxygen atoms in total. The fourth-order valence-corrected chi connectivity index (χ4v) is 5.57. The number of phenolic OH excluding ortho intramolecular Hbond substituents is 1. The van der Waals surface area contributed by atoms with Gasteiger partial charge in [-0.05, 0) is 40.8 Å². The van der Waals surface area contributed by atoms with Gasteiger partial charge in [-0.1, -0.05) is 112 Å². The number of aromatic nitrogens is 3. The number of hydrogen-bond donors (Lipinski definition) is 1. The van der Waals surface area contributed by atoms with Crippen LogP contribution in [0.1, 0.15) is 44.2 Å². The Kier molecular flexibility index (Phi) is 5.80. The molecule has 0 aliphatic heterocycles. The summed E-state index contributed by atoms with van der Waals surface area (Å²) in [5.41, 5.74) is 7.44. The molecule has 1 heterocycles. The Hall–Kier alpha value is -4.31. The molecule has 0 radical (unpaired) electrons. The summed E-state index contributed by atoms with van der Waals surface area (Å²) in [5.74, 6) is 2.26. The van der Waals surface area contributed by atoms with Gasteiger partial charge in [0.1, 0.15) is 5.75 Å². The second-order valence-electron chi connectivity index (χ2n) is 9.93. The smallest absolute Gasteiger partial charge is 0.164 e. The van der Waals surface area contributed by atoms with Gasteiger partial charge in [0.25, 0.3) is 0 Å². The number of phenols is 1. The van der Waals surface area contributed by atoms with Gasteiger partial charge < -0.3 is 5.11 Å². The van der Waals surface area contributed by atoms with Crippen LogP contribution < -0.4 is 0 Å². The van der Waals surface area contributed by atoms with E-state index in [2.05, 4.69) is 32.0 Å². The minimum atomic E-state index is -0.188. The molecule has 1 atom stereocenters. The maximum absolute atomic E-state index is 10.4. The highest BCUT2D eigenvalue weighted by molar-refractivity contribution is 5.91. The molecule has 0 saturated carbocycles. The maximum Gasteiger partial charge on any atom is 0.164 e. The van der Waals surface area contributed by atoms with Gasteiger partial charge in [0.15, 0.2) is 17.5 Å². The molecule has 0 saturated heterocycles. The van der Waals surface area contributed by atoms with Gasteiger partial charge in [-0.25, -0.2) is 15.0 Å². The molecule has 1 unspecified atom stereocenters. The van der Waals surface area contributed by atoms with E-state index in [-0.39, 0.29) is 5.41 Å². The molecular weight excluding hydrogens is 454 g/mol. The number of hydrogen-bond acceptors (Lipinski definition) is 4. The van der Waals surface area contributed by atoms with Crippen LogP contribution in [0.3, 0.4) is 0 Å². The molecule has 1 aromatic heterocycles. The summed E-state index contributed by atoms with van der Waals surface area (Å²) in [4.78, 5) is 14.9. The van der Waals surface area contributed by atoms with Gasteiger partial charge in [0.2, 0.25) is 0 Å². The first kappa shape index (κ1) is 23.1. The molecule has 1 aliphatic rings. The van der Waals surface area contributed by atoms with Gasteiger partial charge in [-0.15, -0.1) is 0 Å². The summed E-state index contributed by atoms with van der Waals surface area (Å²) >= 11 is 0. The Morgan fingerprint density at radius 2 is 1.27 bits per heavy atom. The molecule has 6 rings (SSSR count). The van der Waals surface area contributed by atoms with Crippen molar-refractivity contribution in [2.45, 2.75) is 38.5 Å². The molecule has 0 spiro atoms. The van der Waals surface area contributed by atoms with E-state index < -0.39 is 0 Å². The Balaban J connectivity index is 1.61. The fraction of sp³-hybridized carbons (Fsp3) is 0.182. The molecule has 1 aliphatic carbocycles. The Labute approximate surface area is 217 Å². The number of rotatable bonds is 6. The number of nitrogens with zero attached hydrogens (tertiary/aromatic N) is 3. The Bertz CT molecular complexity index is 1520. The lowest BCUT2D eigenvalue weighted by Crippen LogP contribution is -2.20. The van der Waals surface area contributed by atoms with Crippen molar-refractivity contribution in [3.05, 3.63) is 108 Å². The van der Waals surface area contributed by atoms with Gasteiger partial charge in [-0.3, -0.25) is 0 Å². The van der Waals surface area contributed by atoms with Crippen LogP contribution in [0.15, 0.2) is 97.1 Å². The fourth-order valence-electron chi connectivity index (χ4n) is 5.57. The lowest BCUT2D eigenvalue weighted by molar-refractivity contribution is 0.466. The van der Waals surface area contributed by atoms with Crippen molar-refractivity contribution in [2.24, 2.45) is 0 Å². The van der Waals surface area contributed by atoms with Crippen LogP contribution in [0.25, 0.3) is 45.3 Å². The summed E-state index contributed by atoms with van der Waals surface area (Å²) < 4.78 is 0. The van der Waals surface area contributed by atoms with E-state index in [1.807, 2.05) is 72.8 Å². The lowest BCUT2D eigenvalue weighted by Gasteiger charge is -2.27. The van der Waals surface area contributed by atoms with Gasteiger partial charge in [0.05, 0.1) is 0 Å². The SMILES string of the molecule is CCCCC1(C)c2cc(O)ccc2-c2c(-c3nc(-c4ccccc4)nc(-c4ccccc4)n3)cccc21. The zero-order valence-corrected chi connectivity index (χ0v) is 21.1. The van der Waals surface area contributed by atoms with Crippen LogP contribution in [0.2, 0.25) is 0 Å². The molecule has 182 valence electrons. The minimum Gasteiger partial charge on any atom is -0.508 e. The summed E-state index contributed by atoms with van der Waals surface area (Å²) in [7, 11) is 0. The van der Waals surface area contributed by atoms with Crippen LogP contribution in [-0.2, 0) is 5.41 Å². The van der Waals surface area contributed by atoms with Gasteiger partial charge in [-0.2, -0.15) is 0 Å². The molecular formula is C33H29N3O. The standard InChI is InChI=1S/C33H29N3O/c1-3-4-20-33(2)27-17-11-16-26(29(27)25-19-18-24(37)21-28(25)33)32-35-30(22-12-7-5-8-13-22)34-31(36-32)23-14-9-6-10-15-23/h5-19,21,37H,3-4,20H2,1-2H3. The van der Waals surface area contributed by atoms with Crippen molar-refractivity contribution in [2.75, 3.05) is 0 Å². The minimum absolute atomic E-state index is 0.188. The molecule has 4 heteroatoms. The third-order valence-corrected chi connectivity index (χ3v) is 7.50. The molecule has 37 heavy (non-hydrogen) atoms. The van der Waals surface area contributed by atoms with Crippen molar-refractivity contribution < 1.29 is 5.11 Å². The van der Waals surface area contributed by atoms with Crippen molar-refractivity contribution >= 4 is 0 Å². The van der Waals surface area contributed by atoms with E-state index in [0.29, 0.717) is 23.2 Å². The first-order valence-corrected chi connectivity index (χ1v) is 12.9. The van der Waals surface area contributed by atoms with E-state index >= 15 is 0 Å². The van der Waals surface area contributed by atoms with Crippen LogP contribution in [0.4, 0.5) is 0 Å². The molecule has 4 aromatic carbocycles. The first-order valence-electron chi connectivity index (χ1n) is 12.9.